The second-order valence-corrected chi connectivity index (χ2v) is 2.76. The summed E-state index contributed by atoms with van der Waals surface area (Å²) in [5.74, 6) is 0. The van der Waals surface area contributed by atoms with Gasteiger partial charge >= 0.3 is 0 Å². The van der Waals surface area contributed by atoms with Crippen LogP contribution in [0.3, 0.4) is 0 Å². The normalized spacial score (nSPS) is 13.9. The van der Waals surface area contributed by atoms with Crippen molar-refractivity contribution < 1.29 is 13.2 Å². The highest BCUT2D eigenvalue weighted by Gasteiger charge is 2.21. The molecule has 0 amide bonds. The van der Waals surface area contributed by atoms with Gasteiger partial charge in [0.2, 0.25) is 0 Å². The molecular formula is C5H4BrF3N2. The number of hydrogen-bond donors (Lipinski definition) is 0. The molecule has 11 heavy (non-hydrogen) atoms. The maximum Gasteiger partial charge on any atom is 0.289 e. The van der Waals surface area contributed by atoms with Crippen molar-refractivity contribution >= 4 is 15.9 Å². The van der Waals surface area contributed by atoms with Gasteiger partial charge in [-0.2, -0.15) is 5.10 Å². The Labute approximate surface area is 69.1 Å². The molecule has 0 saturated carbocycles. The minimum atomic E-state index is -3.04. The fourth-order valence-electron chi connectivity index (χ4n) is 0.565. The van der Waals surface area contributed by atoms with Crippen LogP contribution in [0.1, 0.15) is 6.30 Å². The van der Waals surface area contributed by atoms with Crippen molar-refractivity contribution in [2.75, 3.05) is 0 Å². The predicted molar refractivity (Wildman–Crippen MR) is 36.1 cm³/mol. The lowest BCUT2D eigenvalue weighted by molar-refractivity contribution is 0.000730. The van der Waals surface area contributed by atoms with E-state index in [0.29, 0.717) is 9.15 Å². The van der Waals surface area contributed by atoms with Crippen LogP contribution in [0.2, 0.25) is 0 Å². The Morgan fingerprint density at radius 3 is 2.45 bits per heavy atom. The lowest BCUT2D eigenvalue weighted by atomic mass is 10.6. The van der Waals surface area contributed by atoms with Crippen molar-refractivity contribution in [2.24, 2.45) is 0 Å². The van der Waals surface area contributed by atoms with Gasteiger partial charge in [-0.25, -0.2) is 17.9 Å². The summed E-state index contributed by atoms with van der Waals surface area (Å²) in [7, 11) is 0. The molecule has 0 saturated heterocycles. The van der Waals surface area contributed by atoms with Gasteiger partial charge in [-0.15, -0.1) is 0 Å². The van der Waals surface area contributed by atoms with Crippen molar-refractivity contribution in [1.82, 2.24) is 9.78 Å². The molecule has 1 aromatic heterocycles. The van der Waals surface area contributed by atoms with Gasteiger partial charge in [0.15, 0.2) is 0 Å². The van der Waals surface area contributed by atoms with Gasteiger partial charge in [0.25, 0.3) is 12.7 Å². The summed E-state index contributed by atoms with van der Waals surface area (Å²) in [6.07, 6.45) is -3.01. The summed E-state index contributed by atoms with van der Waals surface area (Å²) >= 11 is 2.95. The van der Waals surface area contributed by atoms with Gasteiger partial charge in [0, 0.05) is 6.20 Å². The first kappa shape index (κ1) is 8.58. The van der Waals surface area contributed by atoms with Gasteiger partial charge in [-0.05, 0) is 15.9 Å². The fraction of sp³-hybridized carbons (Fsp3) is 0.400. The molecule has 1 heterocycles. The number of nitrogens with zero attached hydrogens (tertiary/aromatic N) is 2. The summed E-state index contributed by atoms with van der Waals surface area (Å²) in [5, 5.41) is 3.35. The Morgan fingerprint density at radius 1 is 1.45 bits per heavy atom. The van der Waals surface area contributed by atoms with Crippen molar-refractivity contribution in [1.29, 1.82) is 0 Å². The standard InChI is InChI=1S/C5H4BrF3N2/c6-3-1-10-11(2-3)5(9)4(7)8/h1-2,4-5H. The zero-order valence-corrected chi connectivity index (χ0v) is 6.80. The molecule has 2 nitrogen and oxygen atoms in total. The highest BCUT2D eigenvalue weighted by molar-refractivity contribution is 9.10. The number of halogens is 4. The Balaban J connectivity index is 2.76. The van der Waals surface area contributed by atoms with Gasteiger partial charge in [-0.1, -0.05) is 0 Å². The van der Waals surface area contributed by atoms with E-state index >= 15 is 0 Å². The number of aromatic nitrogens is 2. The maximum atomic E-state index is 12.4. The molecule has 1 unspecified atom stereocenters. The summed E-state index contributed by atoms with van der Waals surface area (Å²) in [5.41, 5.74) is 0. The molecule has 0 aliphatic rings. The van der Waals surface area contributed by atoms with Gasteiger partial charge in [-0.3, -0.25) is 0 Å². The Bertz CT molecular complexity index is 237. The third-order valence-corrected chi connectivity index (χ3v) is 1.44. The van der Waals surface area contributed by atoms with E-state index in [2.05, 4.69) is 21.0 Å². The van der Waals surface area contributed by atoms with Crippen LogP contribution < -0.4 is 0 Å². The van der Waals surface area contributed by atoms with Gasteiger partial charge in [0.1, 0.15) is 0 Å². The van der Waals surface area contributed by atoms with E-state index in [-0.39, 0.29) is 0 Å². The molecule has 0 aliphatic carbocycles. The third-order valence-electron chi connectivity index (χ3n) is 1.03. The number of alkyl halides is 3. The molecule has 62 valence electrons. The molecular weight excluding hydrogens is 225 g/mol. The van der Waals surface area contributed by atoms with Gasteiger partial charge < -0.3 is 0 Å². The zero-order valence-electron chi connectivity index (χ0n) is 5.22. The molecule has 0 spiro atoms. The molecule has 1 atom stereocenters. The minimum Gasteiger partial charge on any atom is -0.232 e. The van der Waals surface area contributed by atoms with Crippen LogP contribution in [0.4, 0.5) is 13.2 Å². The second-order valence-electron chi connectivity index (χ2n) is 1.85. The first-order valence-electron chi connectivity index (χ1n) is 2.73. The van der Waals surface area contributed by atoms with Crippen LogP contribution >= 0.6 is 15.9 Å². The number of hydrogen-bond acceptors (Lipinski definition) is 1. The topological polar surface area (TPSA) is 17.8 Å². The van der Waals surface area contributed by atoms with Gasteiger partial charge in [0.05, 0.1) is 10.7 Å². The number of rotatable bonds is 2. The van der Waals surface area contributed by atoms with Crippen molar-refractivity contribution in [2.45, 2.75) is 12.7 Å². The van der Waals surface area contributed by atoms with E-state index in [1.54, 1.807) is 0 Å². The highest BCUT2D eigenvalue weighted by atomic mass is 79.9. The van der Waals surface area contributed by atoms with Crippen LogP contribution in [0.25, 0.3) is 0 Å². The van der Waals surface area contributed by atoms with E-state index in [1.807, 2.05) is 0 Å². The van der Waals surface area contributed by atoms with E-state index < -0.39 is 12.7 Å². The SMILES string of the molecule is FC(F)C(F)n1cc(Br)cn1. The third kappa shape index (κ3) is 1.95. The summed E-state index contributed by atoms with van der Waals surface area (Å²) in [4.78, 5) is 0. The van der Waals surface area contributed by atoms with E-state index in [1.165, 1.54) is 6.20 Å². The highest BCUT2D eigenvalue weighted by Crippen LogP contribution is 2.18. The lowest BCUT2D eigenvalue weighted by Gasteiger charge is -2.05. The molecule has 0 aliphatic heterocycles. The fourth-order valence-corrected chi connectivity index (χ4v) is 0.867. The van der Waals surface area contributed by atoms with Crippen molar-refractivity contribution in [3.8, 4) is 0 Å². The predicted octanol–water partition coefficient (Wildman–Crippen LogP) is 2.38. The van der Waals surface area contributed by atoms with Crippen LogP contribution in [-0.4, -0.2) is 16.2 Å². The lowest BCUT2D eigenvalue weighted by Crippen LogP contribution is -2.12. The first-order chi connectivity index (χ1) is 5.11. The average molecular weight is 229 g/mol. The Morgan fingerprint density at radius 2 is 2.09 bits per heavy atom. The van der Waals surface area contributed by atoms with E-state index in [4.69, 9.17) is 0 Å². The largest absolute Gasteiger partial charge is 0.289 e. The first-order valence-corrected chi connectivity index (χ1v) is 3.52. The maximum absolute atomic E-state index is 12.4. The molecule has 0 radical (unpaired) electrons. The average Bonchev–Trinajstić information content (AvgIpc) is 2.34. The molecule has 0 fully saturated rings. The molecule has 0 bridgehead atoms. The molecule has 1 rings (SSSR count). The Kier molecular flexibility index (Phi) is 2.53. The summed E-state index contributed by atoms with van der Waals surface area (Å²) in [6, 6.07) is 0. The second kappa shape index (κ2) is 3.25. The molecule has 0 aromatic carbocycles. The van der Waals surface area contributed by atoms with Crippen molar-refractivity contribution in [3.63, 3.8) is 0 Å². The van der Waals surface area contributed by atoms with E-state index in [0.717, 1.165) is 6.20 Å². The Hall–Kier alpha value is -0.520. The smallest absolute Gasteiger partial charge is 0.232 e. The molecule has 1 aromatic rings. The molecule has 6 heteroatoms. The quantitative estimate of drug-likeness (QED) is 0.761. The van der Waals surface area contributed by atoms with Crippen LogP contribution in [0, 0.1) is 0 Å². The minimum absolute atomic E-state index is 0.473. The van der Waals surface area contributed by atoms with Crippen LogP contribution in [0.15, 0.2) is 16.9 Å². The zero-order chi connectivity index (χ0) is 8.43. The monoisotopic (exact) mass is 228 g/mol. The molecule has 0 N–H and O–H groups in total. The van der Waals surface area contributed by atoms with Crippen LogP contribution in [0.5, 0.6) is 0 Å². The summed E-state index contributed by atoms with van der Waals surface area (Å²) < 4.78 is 36.8. The van der Waals surface area contributed by atoms with Crippen molar-refractivity contribution in [3.05, 3.63) is 16.9 Å². The summed E-state index contributed by atoms with van der Waals surface area (Å²) in [6.45, 7) is 0. The van der Waals surface area contributed by atoms with E-state index in [9.17, 15) is 13.2 Å². The van der Waals surface area contributed by atoms with Crippen LogP contribution in [-0.2, 0) is 0 Å².